The Bertz CT molecular complexity index is 336. The highest BCUT2D eigenvalue weighted by Crippen LogP contribution is 2.18. The molecule has 1 aromatic rings. The van der Waals surface area contributed by atoms with Gasteiger partial charge in [-0.25, -0.2) is 0 Å². The summed E-state index contributed by atoms with van der Waals surface area (Å²) < 4.78 is 0. The van der Waals surface area contributed by atoms with Crippen molar-refractivity contribution in [1.29, 1.82) is 0 Å². The number of nitrogens with one attached hydrogen (secondary N) is 1. The molecule has 1 aromatic carbocycles. The molecule has 96 valence electrons. The molecular weight excluding hydrogens is 226 g/mol. The maximum atomic E-state index is 3.61. The average molecular weight is 251 g/mol. The summed E-state index contributed by atoms with van der Waals surface area (Å²) in [6.45, 7) is 9.94. The molecule has 0 amide bonds. The van der Waals surface area contributed by atoms with Crippen molar-refractivity contribution < 1.29 is 0 Å². The van der Waals surface area contributed by atoms with Gasteiger partial charge in [0.15, 0.2) is 0 Å². The van der Waals surface area contributed by atoms with Crippen LogP contribution in [-0.2, 0) is 0 Å². The highest BCUT2D eigenvalue weighted by Gasteiger charge is 2.07. The molecule has 0 aliphatic heterocycles. The van der Waals surface area contributed by atoms with Gasteiger partial charge in [-0.15, -0.1) is 0 Å². The summed E-state index contributed by atoms with van der Waals surface area (Å²) >= 11 is 2.02. The van der Waals surface area contributed by atoms with Crippen LogP contribution in [0, 0.1) is 13.8 Å². The molecule has 0 aromatic heterocycles. The zero-order chi connectivity index (χ0) is 12.7. The Morgan fingerprint density at radius 1 is 1.29 bits per heavy atom. The molecule has 1 unspecified atom stereocenters. The van der Waals surface area contributed by atoms with Crippen LogP contribution in [0.25, 0.3) is 0 Å². The minimum Gasteiger partial charge on any atom is -0.310 e. The van der Waals surface area contributed by atoms with Gasteiger partial charge in [0.1, 0.15) is 0 Å². The van der Waals surface area contributed by atoms with Crippen molar-refractivity contribution in [2.45, 2.75) is 40.2 Å². The van der Waals surface area contributed by atoms with Crippen LogP contribution in [0.3, 0.4) is 0 Å². The molecule has 0 aliphatic carbocycles. The minimum atomic E-state index is 0.460. The number of aryl methyl sites for hydroxylation is 2. The Morgan fingerprint density at radius 2 is 2.06 bits per heavy atom. The fraction of sp³-hybridized carbons (Fsp3) is 0.600. The summed E-state index contributed by atoms with van der Waals surface area (Å²) in [5.74, 6) is 2.50. The second-order valence-electron chi connectivity index (χ2n) is 4.59. The number of hydrogen-bond donors (Lipinski definition) is 1. The summed E-state index contributed by atoms with van der Waals surface area (Å²) in [4.78, 5) is 0. The van der Waals surface area contributed by atoms with Crippen LogP contribution in [-0.4, -0.2) is 18.1 Å². The predicted molar refractivity (Wildman–Crippen MR) is 79.9 cm³/mol. The van der Waals surface area contributed by atoms with Crippen LogP contribution in [0.4, 0.5) is 0 Å². The highest BCUT2D eigenvalue weighted by atomic mass is 32.2. The lowest BCUT2D eigenvalue weighted by molar-refractivity contribution is 0.570. The van der Waals surface area contributed by atoms with Gasteiger partial charge in [0, 0.05) is 6.04 Å². The van der Waals surface area contributed by atoms with E-state index < -0.39 is 0 Å². The highest BCUT2D eigenvalue weighted by molar-refractivity contribution is 7.99. The predicted octanol–water partition coefficient (Wildman–Crippen LogP) is 4.10. The molecule has 1 N–H and O–H groups in total. The fourth-order valence-electron chi connectivity index (χ4n) is 1.97. The smallest absolute Gasteiger partial charge is 0.0294 e. The normalized spacial score (nSPS) is 12.7. The lowest BCUT2D eigenvalue weighted by Crippen LogP contribution is -2.21. The monoisotopic (exact) mass is 251 g/mol. The molecule has 0 radical (unpaired) electrons. The fourth-order valence-corrected chi connectivity index (χ4v) is 2.61. The number of rotatable bonds is 7. The molecule has 0 aliphatic rings. The van der Waals surface area contributed by atoms with Gasteiger partial charge in [0.25, 0.3) is 0 Å². The second-order valence-corrected chi connectivity index (χ2v) is 5.98. The molecule has 0 spiro atoms. The van der Waals surface area contributed by atoms with E-state index in [9.17, 15) is 0 Å². The van der Waals surface area contributed by atoms with E-state index in [0.29, 0.717) is 6.04 Å². The zero-order valence-electron chi connectivity index (χ0n) is 11.5. The first kappa shape index (κ1) is 14.6. The molecule has 17 heavy (non-hydrogen) atoms. The van der Waals surface area contributed by atoms with Crippen LogP contribution in [0.2, 0.25) is 0 Å². The number of benzene rings is 1. The van der Waals surface area contributed by atoms with Crippen molar-refractivity contribution in [3.8, 4) is 0 Å². The summed E-state index contributed by atoms with van der Waals surface area (Å²) in [7, 11) is 0. The third-order valence-electron chi connectivity index (χ3n) is 3.02. The maximum Gasteiger partial charge on any atom is 0.0294 e. The van der Waals surface area contributed by atoms with Crippen molar-refractivity contribution in [3.63, 3.8) is 0 Å². The molecule has 0 saturated heterocycles. The van der Waals surface area contributed by atoms with E-state index in [1.54, 1.807) is 0 Å². The van der Waals surface area contributed by atoms with Gasteiger partial charge < -0.3 is 5.32 Å². The van der Waals surface area contributed by atoms with E-state index >= 15 is 0 Å². The molecule has 0 bridgehead atoms. The van der Waals surface area contributed by atoms with E-state index in [1.807, 2.05) is 11.8 Å². The molecular formula is C15H25NS. The molecule has 0 fully saturated rings. The molecule has 1 nitrogen and oxygen atoms in total. The van der Waals surface area contributed by atoms with Crippen molar-refractivity contribution >= 4 is 11.8 Å². The van der Waals surface area contributed by atoms with Crippen LogP contribution in [0.1, 0.15) is 43.0 Å². The van der Waals surface area contributed by atoms with Gasteiger partial charge >= 0.3 is 0 Å². The third kappa shape index (κ3) is 5.13. The second kappa shape index (κ2) is 7.78. The Labute approximate surface area is 110 Å². The maximum absolute atomic E-state index is 3.61. The van der Waals surface area contributed by atoms with Gasteiger partial charge in [-0.1, -0.05) is 30.7 Å². The van der Waals surface area contributed by atoms with Crippen molar-refractivity contribution in [3.05, 3.63) is 34.9 Å². The Balaban J connectivity index is 2.41. The first-order chi connectivity index (χ1) is 8.15. The van der Waals surface area contributed by atoms with Gasteiger partial charge in [0.2, 0.25) is 0 Å². The quantitative estimate of drug-likeness (QED) is 0.732. The van der Waals surface area contributed by atoms with E-state index in [2.05, 4.69) is 51.2 Å². The Hall–Kier alpha value is -0.470. The number of thioether (sulfide) groups is 1. The van der Waals surface area contributed by atoms with Crippen LogP contribution in [0.5, 0.6) is 0 Å². The van der Waals surface area contributed by atoms with Crippen LogP contribution in [0.15, 0.2) is 18.2 Å². The SMILES string of the molecule is CCSCCCNC(C)c1cc(C)ccc1C. The summed E-state index contributed by atoms with van der Waals surface area (Å²) in [6, 6.07) is 7.16. The van der Waals surface area contributed by atoms with E-state index in [0.717, 1.165) is 6.54 Å². The van der Waals surface area contributed by atoms with Gasteiger partial charge in [-0.2, -0.15) is 11.8 Å². The largest absolute Gasteiger partial charge is 0.310 e. The van der Waals surface area contributed by atoms with E-state index in [1.165, 1.54) is 34.6 Å². The lowest BCUT2D eigenvalue weighted by atomic mass is 10.00. The van der Waals surface area contributed by atoms with Gasteiger partial charge in [0.05, 0.1) is 0 Å². The minimum absolute atomic E-state index is 0.460. The first-order valence-corrected chi connectivity index (χ1v) is 7.69. The average Bonchev–Trinajstić information content (AvgIpc) is 2.32. The van der Waals surface area contributed by atoms with Crippen molar-refractivity contribution in [2.75, 3.05) is 18.1 Å². The van der Waals surface area contributed by atoms with Crippen molar-refractivity contribution in [1.82, 2.24) is 5.32 Å². The standard InChI is InChI=1S/C15H25NS/c1-5-17-10-6-9-16-14(4)15-11-12(2)7-8-13(15)3/h7-8,11,14,16H,5-6,9-10H2,1-4H3. The Kier molecular flexibility index (Phi) is 6.68. The van der Waals surface area contributed by atoms with Gasteiger partial charge in [-0.05, 0) is 56.4 Å². The Morgan fingerprint density at radius 3 is 2.76 bits per heavy atom. The molecule has 2 heteroatoms. The van der Waals surface area contributed by atoms with E-state index in [4.69, 9.17) is 0 Å². The van der Waals surface area contributed by atoms with Crippen molar-refractivity contribution in [2.24, 2.45) is 0 Å². The van der Waals surface area contributed by atoms with Gasteiger partial charge in [-0.3, -0.25) is 0 Å². The third-order valence-corrected chi connectivity index (χ3v) is 4.01. The summed E-state index contributed by atoms with van der Waals surface area (Å²) in [5.41, 5.74) is 4.17. The molecule has 0 saturated carbocycles. The summed E-state index contributed by atoms with van der Waals surface area (Å²) in [5, 5.41) is 3.61. The molecule has 1 rings (SSSR count). The molecule has 1 atom stereocenters. The van der Waals surface area contributed by atoms with Crippen LogP contribution < -0.4 is 5.32 Å². The number of hydrogen-bond acceptors (Lipinski definition) is 2. The zero-order valence-corrected chi connectivity index (χ0v) is 12.4. The van der Waals surface area contributed by atoms with E-state index in [-0.39, 0.29) is 0 Å². The molecule has 0 heterocycles. The first-order valence-electron chi connectivity index (χ1n) is 6.53. The topological polar surface area (TPSA) is 12.0 Å². The summed E-state index contributed by atoms with van der Waals surface area (Å²) in [6.07, 6.45) is 1.26. The lowest BCUT2D eigenvalue weighted by Gasteiger charge is -2.17. The van der Waals surface area contributed by atoms with Crippen LogP contribution >= 0.6 is 11.8 Å².